The number of aliphatic imine (C=N–C) groups is 1. The van der Waals surface area contributed by atoms with E-state index in [1.54, 1.807) is 32.4 Å². The van der Waals surface area contributed by atoms with Crippen LogP contribution < -0.4 is 14.2 Å². The van der Waals surface area contributed by atoms with Gasteiger partial charge in [0.2, 0.25) is 5.90 Å². The van der Waals surface area contributed by atoms with Gasteiger partial charge in [0.05, 0.1) is 19.8 Å². The predicted molar refractivity (Wildman–Crippen MR) is 100 cm³/mol. The second-order valence-corrected chi connectivity index (χ2v) is 5.95. The molecule has 2 aromatic rings. The number of para-hydroxylation sites is 1. The van der Waals surface area contributed by atoms with Crippen LogP contribution in [0.1, 0.15) is 11.1 Å². The highest BCUT2D eigenvalue weighted by Gasteiger charge is 2.26. The normalized spacial score (nSPS) is 16.8. The van der Waals surface area contributed by atoms with Crippen molar-refractivity contribution in [2.45, 2.75) is 0 Å². The molecule has 2 heterocycles. The number of hydrogen-bond acceptors (Lipinski definition) is 6. The van der Waals surface area contributed by atoms with Crippen LogP contribution in [0.4, 0.5) is 0 Å². The SMILES string of the molecule is COc1ccc2c(c1)OCC(/C=C1\N=C(c3ccccc3OC)OC1=O)=C2. The van der Waals surface area contributed by atoms with Crippen LogP contribution in [0.25, 0.3) is 6.08 Å². The van der Waals surface area contributed by atoms with E-state index in [0.717, 1.165) is 22.6 Å². The third-order valence-electron chi connectivity index (χ3n) is 4.24. The quantitative estimate of drug-likeness (QED) is 0.615. The monoisotopic (exact) mass is 363 g/mol. The number of carbonyl (C=O) groups is 1. The highest BCUT2D eigenvalue weighted by molar-refractivity contribution is 6.12. The fourth-order valence-electron chi connectivity index (χ4n) is 2.89. The molecule has 0 saturated carbocycles. The van der Waals surface area contributed by atoms with Gasteiger partial charge >= 0.3 is 5.97 Å². The topological polar surface area (TPSA) is 66.3 Å². The number of ether oxygens (including phenoxy) is 4. The highest BCUT2D eigenvalue weighted by Crippen LogP contribution is 2.31. The maximum atomic E-state index is 12.2. The van der Waals surface area contributed by atoms with Crippen molar-refractivity contribution in [2.75, 3.05) is 20.8 Å². The minimum Gasteiger partial charge on any atom is -0.497 e. The zero-order valence-corrected chi connectivity index (χ0v) is 14.9. The Balaban J connectivity index is 1.65. The van der Waals surface area contributed by atoms with Gasteiger partial charge in [0.15, 0.2) is 5.70 Å². The Morgan fingerprint density at radius 1 is 1.11 bits per heavy atom. The fourth-order valence-corrected chi connectivity index (χ4v) is 2.89. The van der Waals surface area contributed by atoms with E-state index in [-0.39, 0.29) is 11.6 Å². The Hall–Kier alpha value is -3.54. The number of methoxy groups -OCH3 is 2. The molecule has 0 bridgehead atoms. The average Bonchev–Trinajstić information content (AvgIpc) is 3.07. The molecule has 136 valence electrons. The molecule has 6 heteroatoms. The number of cyclic esters (lactones) is 1. The number of benzene rings is 2. The molecule has 0 fully saturated rings. The first-order valence-corrected chi connectivity index (χ1v) is 8.35. The summed E-state index contributed by atoms with van der Waals surface area (Å²) in [6, 6.07) is 12.8. The van der Waals surface area contributed by atoms with Crippen molar-refractivity contribution in [3.63, 3.8) is 0 Å². The summed E-state index contributed by atoms with van der Waals surface area (Å²) >= 11 is 0. The van der Waals surface area contributed by atoms with Crippen molar-refractivity contribution >= 4 is 17.9 Å². The summed E-state index contributed by atoms with van der Waals surface area (Å²) in [6.07, 6.45) is 3.63. The van der Waals surface area contributed by atoms with Crippen LogP contribution in [0.5, 0.6) is 17.2 Å². The molecule has 4 rings (SSSR count). The molecule has 0 N–H and O–H groups in total. The number of rotatable bonds is 4. The summed E-state index contributed by atoms with van der Waals surface area (Å²) in [4.78, 5) is 16.6. The Labute approximate surface area is 156 Å². The zero-order chi connectivity index (χ0) is 18.8. The molecule has 6 nitrogen and oxygen atoms in total. The molecule has 0 radical (unpaired) electrons. The van der Waals surface area contributed by atoms with Crippen LogP contribution in [-0.4, -0.2) is 32.7 Å². The van der Waals surface area contributed by atoms with Gasteiger partial charge in [0.25, 0.3) is 0 Å². The number of esters is 1. The van der Waals surface area contributed by atoms with Crippen LogP contribution in [0.3, 0.4) is 0 Å². The molecule has 0 spiro atoms. The van der Waals surface area contributed by atoms with Gasteiger partial charge in [-0.3, -0.25) is 0 Å². The van der Waals surface area contributed by atoms with E-state index in [4.69, 9.17) is 18.9 Å². The smallest absolute Gasteiger partial charge is 0.363 e. The molecule has 2 aliphatic rings. The van der Waals surface area contributed by atoms with Gasteiger partial charge < -0.3 is 18.9 Å². The molecule has 0 unspecified atom stereocenters. The van der Waals surface area contributed by atoms with Gasteiger partial charge in [-0.25, -0.2) is 9.79 Å². The number of nitrogens with zero attached hydrogens (tertiary/aromatic N) is 1. The Morgan fingerprint density at radius 2 is 1.96 bits per heavy atom. The second-order valence-electron chi connectivity index (χ2n) is 5.95. The summed E-state index contributed by atoms with van der Waals surface area (Å²) in [7, 11) is 3.17. The van der Waals surface area contributed by atoms with E-state index in [9.17, 15) is 4.79 Å². The van der Waals surface area contributed by atoms with Gasteiger partial charge in [-0.1, -0.05) is 12.1 Å². The molecule has 0 aromatic heterocycles. The maximum Gasteiger partial charge on any atom is 0.363 e. The van der Waals surface area contributed by atoms with Crippen LogP contribution in [0, 0.1) is 0 Å². The Morgan fingerprint density at radius 3 is 2.78 bits per heavy atom. The fraction of sp³-hybridized carbons (Fsp3) is 0.143. The largest absolute Gasteiger partial charge is 0.497 e. The number of carbonyl (C=O) groups excluding carboxylic acids is 1. The highest BCUT2D eigenvalue weighted by atomic mass is 16.6. The summed E-state index contributed by atoms with van der Waals surface area (Å²) in [6.45, 7) is 0.330. The first kappa shape index (κ1) is 16.9. The maximum absolute atomic E-state index is 12.2. The summed E-state index contributed by atoms with van der Waals surface area (Å²) in [5.41, 5.74) is 2.59. The van der Waals surface area contributed by atoms with E-state index in [1.807, 2.05) is 36.4 Å². The minimum absolute atomic E-state index is 0.225. The lowest BCUT2D eigenvalue weighted by molar-refractivity contribution is -0.130. The van der Waals surface area contributed by atoms with Gasteiger partial charge in [-0.15, -0.1) is 0 Å². The van der Waals surface area contributed by atoms with E-state index >= 15 is 0 Å². The molecule has 2 aliphatic heterocycles. The minimum atomic E-state index is -0.502. The van der Waals surface area contributed by atoms with E-state index in [1.165, 1.54) is 0 Å². The predicted octanol–water partition coefficient (Wildman–Crippen LogP) is 3.37. The molecule has 0 atom stereocenters. The van der Waals surface area contributed by atoms with Crippen LogP contribution in [-0.2, 0) is 9.53 Å². The molecular formula is C21H17NO5. The van der Waals surface area contributed by atoms with Crippen molar-refractivity contribution in [3.05, 3.63) is 70.9 Å². The second kappa shape index (κ2) is 6.99. The third-order valence-corrected chi connectivity index (χ3v) is 4.24. The van der Waals surface area contributed by atoms with Gasteiger partial charge in [0, 0.05) is 11.6 Å². The van der Waals surface area contributed by atoms with Crippen molar-refractivity contribution < 1.29 is 23.7 Å². The van der Waals surface area contributed by atoms with Crippen molar-refractivity contribution in [2.24, 2.45) is 4.99 Å². The van der Waals surface area contributed by atoms with Crippen molar-refractivity contribution in [1.29, 1.82) is 0 Å². The van der Waals surface area contributed by atoms with Gasteiger partial charge in [-0.05, 0) is 42.0 Å². The van der Waals surface area contributed by atoms with Crippen molar-refractivity contribution in [1.82, 2.24) is 0 Å². The zero-order valence-electron chi connectivity index (χ0n) is 14.9. The van der Waals surface area contributed by atoms with E-state index < -0.39 is 5.97 Å². The first-order chi connectivity index (χ1) is 13.2. The lowest BCUT2D eigenvalue weighted by Crippen LogP contribution is -2.08. The molecule has 0 saturated heterocycles. The van der Waals surface area contributed by atoms with E-state index in [2.05, 4.69) is 4.99 Å². The van der Waals surface area contributed by atoms with Crippen molar-refractivity contribution in [3.8, 4) is 17.2 Å². The molecule has 0 amide bonds. The lowest BCUT2D eigenvalue weighted by Gasteiger charge is -2.16. The summed E-state index contributed by atoms with van der Waals surface area (Å²) in [5.74, 6) is 1.79. The molecule has 2 aromatic carbocycles. The first-order valence-electron chi connectivity index (χ1n) is 8.35. The average molecular weight is 363 g/mol. The standard InChI is InChI=1S/C21H17NO5/c1-24-15-8-7-14-9-13(12-26-19(14)11-15)10-17-21(23)27-20(22-17)16-5-3-4-6-18(16)25-2/h3-11H,12H2,1-2H3/b17-10-. The van der Waals surface area contributed by atoms with Gasteiger partial charge in [-0.2, -0.15) is 0 Å². The Bertz CT molecular complexity index is 1000. The molecular weight excluding hydrogens is 346 g/mol. The Kier molecular flexibility index (Phi) is 4.38. The van der Waals surface area contributed by atoms with Gasteiger partial charge in [0.1, 0.15) is 23.9 Å². The van der Waals surface area contributed by atoms with Crippen LogP contribution in [0.2, 0.25) is 0 Å². The lowest BCUT2D eigenvalue weighted by atomic mass is 10.1. The molecule has 0 aliphatic carbocycles. The van der Waals surface area contributed by atoms with Crippen LogP contribution >= 0.6 is 0 Å². The number of fused-ring (bicyclic) bond motifs is 1. The molecule has 27 heavy (non-hydrogen) atoms. The van der Waals surface area contributed by atoms with E-state index in [0.29, 0.717) is 17.9 Å². The summed E-state index contributed by atoms with van der Waals surface area (Å²) in [5, 5.41) is 0. The van der Waals surface area contributed by atoms with Crippen LogP contribution in [0.15, 0.2) is 64.8 Å². The summed E-state index contributed by atoms with van der Waals surface area (Å²) < 4.78 is 21.6. The third kappa shape index (κ3) is 3.29. The number of hydrogen-bond donors (Lipinski definition) is 0.